The number of halogens is 1. The molecule has 7 heteroatoms. The molecular formula is C16H22FN3O3. The van der Waals surface area contributed by atoms with Crippen molar-refractivity contribution >= 4 is 23.4 Å². The first-order chi connectivity index (χ1) is 10.7. The van der Waals surface area contributed by atoms with Crippen molar-refractivity contribution < 1.29 is 18.7 Å². The molecule has 1 aliphatic heterocycles. The van der Waals surface area contributed by atoms with Crippen LogP contribution in [0.3, 0.4) is 0 Å². The monoisotopic (exact) mass is 323 g/mol. The average Bonchev–Trinajstić information content (AvgIpc) is 2.42. The van der Waals surface area contributed by atoms with Crippen LogP contribution in [0.15, 0.2) is 12.1 Å². The standard InChI is InChI=1S/C16H22FN3O3/c1-16(2,3)23-15(22)19-7-6-18-13-9-12-10(8-11(13)17)4-5-14(21)20-12/h8-9,18H,4-7H2,1-3H3,(H,19,22)(H,20,21). The highest BCUT2D eigenvalue weighted by atomic mass is 19.1. The van der Waals surface area contributed by atoms with Gasteiger partial charge in [-0.15, -0.1) is 0 Å². The van der Waals surface area contributed by atoms with Gasteiger partial charge in [0.2, 0.25) is 5.91 Å². The summed E-state index contributed by atoms with van der Waals surface area (Å²) in [5.41, 5.74) is 1.15. The summed E-state index contributed by atoms with van der Waals surface area (Å²) < 4.78 is 19.1. The number of benzene rings is 1. The number of nitrogens with one attached hydrogen (secondary N) is 3. The van der Waals surface area contributed by atoms with Crippen LogP contribution >= 0.6 is 0 Å². The van der Waals surface area contributed by atoms with Crippen LogP contribution in [0.1, 0.15) is 32.8 Å². The van der Waals surface area contributed by atoms with Crippen LogP contribution in [0.4, 0.5) is 20.6 Å². The Bertz CT molecular complexity index is 611. The van der Waals surface area contributed by atoms with Gasteiger partial charge < -0.3 is 20.7 Å². The lowest BCUT2D eigenvalue weighted by atomic mass is 10.0. The molecule has 0 aromatic heterocycles. The van der Waals surface area contributed by atoms with Gasteiger partial charge in [-0.05, 0) is 44.9 Å². The van der Waals surface area contributed by atoms with Crippen LogP contribution in [0.25, 0.3) is 0 Å². The number of alkyl carbamates (subject to hydrolysis) is 1. The van der Waals surface area contributed by atoms with Crippen LogP contribution in [0.2, 0.25) is 0 Å². The minimum Gasteiger partial charge on any atom is -0.444 e. The number of rotatable bonds is 4. The number of aryl methyl sites for hydroxylation is 1. The maximum Gasteiger partial charge on any atom is 0.407 e. The summed E-state index contributed by atoms with van der Waals surface area (Å²) in [6.45, 7) is 5.96. The summed E-state index contributed by atoms with van der Waals surface area (Å²) in [5, 5.41) is 8.21. The lowest BCUT2D eigenvalue weighted by Gasteiger charge is -2.20. The van der Waals surface area contributed by atoms with E-state index in [2.05, 4.69) is 16.0 Å². The van der Waals surface area contributed by atoms with Crippen molar-refractivity contribution in [3.05, 3.63) is 23.5 Å². The quantitative estimate of drug-likeness (QED) is 0.744. The molecule has 1 aliphatic rings. The molecule has 1 aromatic carbocycles. The van der Waals surface area contributed by atoms with Crippen LogP contribution in [0.5, 0.6) is 0 Å². The summed E-state index contributed by atoms with van der Waals surface area (Å²) in [7, 11) is 0. The highest BCUT2D eigenvalue weighted by molar-refractivity contribution is 5.94. The molecule has 0 fully saturated rings. The van der Waals surface area contributed by atoms with E-state index in [0.717, 1.165) is 5.56 Å². The fourth-order valence-corrected chi connectivity index (χ4v) is 2.21. The molecule has 0 spiro atoms. The molecule has 0 unspecified atom stereocenters. The number of hydrogen-bond acceptors (Lipinski definition) is 4. The normalized spacial score (nSPS) is 13.8. The molecule has 0 saturated carbocycles. The topological polar surface area (TPSA) is 79.5 Å². The minimum absolute atomic E-state index is 0.0679. The van der Waals surface area contributed by atoms with Crippen LogP contribution in [0, 0.1) is 5.82 Å². The van der Waals surface area contributed by atoms with Gasteiger partial charge in [0.15, 0.2) is 0 Å². The minimum atomic E-state index is -0.555. The molecule has 23 heavy (non-hydrogen) atoms. The Morgan fingerprint density at radius 2 is 2.04 bits per heavy atom. The third-order valence-corrected chi connectivity index (χ3v) is 3.20. The molecule has 0 bridgehead atoms. The highest BCUT2D eigenvalue weighted by Crippen LogP contribution is 2.28. The molecular weight excluding hydrogens is 301 g/mol. The second-order valence-electron chi connectivity index (χ2n) is 6.39. The summed E-state index contributed by atoms with van der Waals surface area (Å²) in [4.78, 5) is 22.9. The number of amides is 2. The smallest absolute Gasteiger partial charge is 0.407 e. The summed E-state index contributed by atoms with van der Waals surface area (Å²) >= 11 is 0. The predicted molar refractivity (Wildman–Crippen MR) is 86.1 cm³/mol. The Hall–Kier alpha value is -2.31. The number of ether oxygens (including phenoxy) is 1. The van der Waals surface area contributed by atoms with Crippen molar-refractivity contribution in [3.8, 4) is 0 Å². The molecule has 1 heterocycles. The number of hydrogen-bond donors (Lipinski definition) is 3. The third-order valence-electron chi connectivity index (χ3n) is 3.20. The molecule has 1 aromatic rings. The van der Waals surface area contributed by atoms with Crippen molar-refractivity contribution in [1.82, 2.24) is 5.32 Å². The van der Waals surface area contributed by atoms with E-state index < -0.39 is 11.7 Å². The fraction of sp³-hybridized carbons (Fsp3) is 0.500. The summed E-state index contributed by atoms with van der Waals surface area (Å²) in [5.74, 6) is -0.446. The zero-order chi connectivity index (χ0) is 17.0. The van der Waals surface area contributed by atoms with Crippen molar-refractivity contribution in [2.75, 3.05) is 23.7 Å². The van der Waals surface area contributed by atoms with Gasteiger partial charge in [0.05, 0.1) is 5.69 Å². The van der Waals surface area contributed by atoms with E-state index >= 15 is 0 Å². The van der Waals surface area contributed by atoms with Gasteiger partial charge in [-0.25, -0.2) is 9.18 Å². The van der Waals surface area contributed by atoms with Crippen LogP contribution < -0.4 is 16.0 Å². The molecule has 0 atom stereocenters. The Morgan fingerprint density at radius 1 is 1.30 bits per heavy atom. The zero-order valence-electron chi connectivity index (χ0n) is 13.6. The van der Waals surface area contributed by atoms with Gasteiger partial charge in [-0.2, -0.15) is 0 Å². The fourth-order valence-electron chi connectivity index (χ4n) is 2.21. The first kappa shape index (κ1) is 17.1. The molecule has 0 radical (unpaired) electrons. The Labute approximate surface area is 134 Å². The molecule has 126 valence electrons. The number of anilines is 2. The van der Waals surface area contributed by atoms with E-state index in [1.807, 2.05) is 0 Å². The average molecular weight is 323 g/mol. The van der Waals surface area contributed by atoms with Crippen molar-refractivity contribution in [2.24, 2.45) is 0 Å². The van der Waals surface area contributed by atoms with Gasteiger partial charge in [-0.1, -0.05) is 0 Å². The van der Waals surface area contributed by atoms with E-state index in [4.69, 9.17) is 4.74 Å². The first-order valence-corrected chi connectivity index (χ1v) is 7.57. The van der Waals surface area contributed by atoms with E-state index in [1.165, 1.54) is 6.07 Å². The predicted octanol–water partition coefficient (Wildman–Crippen LogP) is 2.65. The van der Waals surface area contributed by atoms with Crippen molar-refractivity contribution in [3.63, 3.8) is 0 Å². The molecule has 6 nitrogen and oxygen atoms in total. The first-order valence-electron chi connectivity index (χ1n) is 7.57. The molecule has 0 aliphatic carbocycles. The Balaban J connectivity index is 1.85. The Kier molecular flexibility index (Phi) is 5.08. The lowest BCUT2D eigenvalue weighted by molar-refractivity contribution is -0.116. The second-order valence-corrected chi connectivity index (χ2v) is 6.39. The summed E-state index contributed by atoms with van der Waals surface area (Å²) in [6, 6.07) is 3.01. The van der Waals surface area contributed by atoms with E-state index in [0.29, 0.717) is 25.1 Å². The maximum absolute atomic E-state index is 14.0. The number of carbonyl (C=O) groups is 2. The Morgan fingerprint density at radius 3 is 2.74 bits per heavy atom. The SMILES string of the molecule is CC(C)(C)OC(=O)NCCNc1cc2c(cc1F)CCC(=O)N2. The van der Waals surface area contributed by atoms with Gasteiger partial charge >= 0.3 is 6.09 Å². The van der Waals surface area contributed by atoms with Crippen molar-refractivity contribution in [1.29, 1.82) is 0 Å². The van der Waals surface area contributed by atoms with E-state index in [9.17, 15) is 14.0 Å². The zero-order valence-corrected chi connectivity index (χ0v) is 13.6. The van der Waals surface area contributed by atoms with Gasteiger partial charge in [0.1, 0.15) is 11.4 Å². The summed E-state index contributed by atoms with van der Waals surface area (Å²) in [6.07, 6.45) is 0.398. The molecule has 0 saturated heterocycles. The van der Waals surface area contributed by atoms with Gasteiger partial charge in [0.25, 0.3) is 0 Å². The largest absolute Gasteiger partial charge is 0.444 e. The number of fused-ring (bicyclic) bond motifs is 1. The lowest BCUT2D eigenvalue weighted by Crippen LogP contribution is -2.35. The van der Waals surface area contributed by atoms with Gasteiger partial charge in [-0.3, -0.25) is 4.79 Å². The van der Waals surface area contributed by atoms with E-state index in [-0.39, 0.29) is 24.0 Å². The van der Waals surface area contributed by atoms with Crippen LogP contribution in [-0.4, -0.2) is 30.7 Å². The van der Waals surface area contributed by atoms with Crippen LogP contribution in [-0.2, 0) is 16.0 Å². The third kappa shape index (κ3) is 5.12. The van der Waals surface area contributed by atoms with Gasteiger partial charge in [0, 0.05) is 25.2 Å². The molecule has 2 rings (SSSR count). The van der Waals surface area contributed by atoms with E-state index in [1.54, 1.807) is 26.8 Å². The molecule has 3 N–H and O–H groups in total. The number of carbonyl (C=O) groups excluding carboxylic acids is 2. The van der Waals surface area contributed by atoms with Crippen molar-refractivity contribution in [2.45, 2.75) is 39.2 Å². The maximum atomic E-state index is 14.0. The second kappa shape index (κ2) is 6.85. The highest BCUT2D eigenvalue weighted by Gasteiger charge is 2.18. The molecule has 2 amide bonds.